The normalized spacial score (nSPS) is 13.0. The van der Waals surface area contributed by atoms with Crippen LogP contribution in [-0.4, -0.2) is 65.4 Å². The van der Waals surface area contributed by atoms with E-state index in [1.165, 1.54) is 20.2 Å². The number of anilines is 1. The monoisotopic (exact) mass is 410 g/mol. The first-order valence-corrected chi connectivity index (χ1v) is 10.2. The third kappa shape index (κ3) is 5.31. The molecule has 0 fully saturated rings. The number of sulfonamides is 2. The Labute approximate surface area is 150 Å². The summed E-state index contributed by atoms with van der Waals surface area (Å²) in [6, 6.07) is 1.34. The van der Waals surface area contributed by atoms with Gasteiger partial charge in [0.2, 0.25) is 20.0 Å². The SMILES string of the molecule is COc1ccc(S(=O)(=O)NC(CC(=O)O)C(=O)O)cc1N(C)S(C)(=O)=O. The molecular formula is C13H18N2O9S2. The Balaban J connectivity index is 3.37. The molecule has 0 aliphatic heterocycles. The van der Waals surface area contributed by atoms with Crippen LogP contribution in [0.25, 0.3) is 0 Å². The Hall–Kier alpha value is -2.38. The average molecular weight is 410 g/mol. The lowest BCUT2D eigenvalue weighted by atomic mass is 10.2. The van der Waals surface area contributed by atoms with Gasteiger partial charge >= 0.3 is 11.9 Å². The number of nitrogens with one attached hydrogen (secondary N) is 1. The number of nitrogens with zero attached hydrogens (tertiary/aromatic N) is 1. The van der Waals surface area contributed by atoms with Crippen LogP contribution in [0.15, 0.2) is 23.1 Å². The van der Waals surface area contributed by atoms with Crippen LogP contribution in [0.1, 0.15) is 6.42 Å². The second-order valence-electron chi connectivity index (χ2n) is 5.17. The van der Waals surface area contributed by atoms with Gasteiger partial charge in [-0.15, -0.1) is 0 Å². The van der Waals surface area contributed by atoms with Crippen LogP contribution in [0, 0.1) is 0 Å². The van der Waals surface area contributed by atoms with Gasteiger partial charge in [-0.2, -0.15) is 4.72 Å². The second kappa shape index (κ2) is 7.88. The standard InChI is InChI=1S/C13H18N2O9S2/c1-15(25(3,20)21)10-6-8(4-5-11(10)24-2)26(22,23)14-9(13(18)19)7-12(16)17/h4-6,9,14H,7H2,1-3H3,(H,16,17)(H,18,19). The Morgan fingerprint density at radius 1 is 1.23 bits per heavy atom. The predicted molar refractivity (Wildman–Crippen MR) is 90.2 cm³/mol. The van der Waals surface area contributed by atoms with Crippen molar-refractivity contribution in [1.29, 1.82) is 0 Å². The summed E-state index contributed by atoms with van der Waals surface area (Å²) < 4.78 is 55.7. The van der Waals surface area contributed by atoms with Gasteiger partial charge in [0.25, 0.3) is 0 Å². The second-order valence-corrected chi connectivity index (χ2v) is 8.90. The Bertz CT molecular complexity index is 910. The van der Waals surface area contributed by atoms with Crippen molar-refractivity contribution in [3.05, 3.63) is 18.2 Å². The van der Waals surface area contributed by atoms with Crippen molar-refractivity contribution in [3.8, 4) is 5.75 Å². The fraction of sp³-hybridized carbons (Fsp3) is 0.385. The number of methoxy groups -OCH3 is 1. The van der Waals surface area contributed by atoms with Crippen LogP contribution in [0.3, 0.4) is 0 Å². The van der Waals surface area contributed by atoms with Crippen molar-refractivity contribution in [3.63, 3.8) is 0 Å². The Morgan fingerprint density at radius 3 is 2.23 bits per heavy atom. The maximum absolute atomic E-state index is 12.4. The highest BCUT2D eigenvalue weighted by molar-refractivity contribution is 7.92. The first-order chi connectivity index (χ1) is 11.8. The molecule has 1 atom stereocenters. The molecule has 0 spiro atoms. The summed E-state index contributed by atoms with van der Waals surface area (Å²) in [5.74, 6) is -3.11. The topological polar surface area (TPSA) is 167 Å². The van der Waals surface area contributed by atoms with E-state index in [0.717, 1.165) is 22.7 Å². The molecule has 0 amide bonds. The molecule has 11 nitrogen and oxygen atoms in total. The summed E-state index contributed by atoms with van der Waals surface area (Å²) in [6.45, 7) is 0. The van der Waals surface area contributed by atoms with E-state index in [-0.39, 0.29) is 11.4 Å². The highest BCUT2D eigenvalue weighted by Gasteiger charge is 2.29. The molecule has 0 saturated heterocycles. The van der Waals surface area contributed by atoms with Gasteiger partial charge in [-0.3, -0.25) is 13.9 Å². The van der Waals surface area contributed by atoms with Gasteiger partial charge in [-0.05, 0) is 18.2 Å². The molecule has 0 aliphatic rings. The van der Waals surface area contributed by atoms with Crippen molar-refractivity contribution in [2.24, 2.45) is 0 Å². The summed E-state index contributed by atoms with van der Waals surface area (Å²) in [6.07, 6.45) is -0.0694. The van der Waals surface area contributed by atoms with Crippen LogP contribution < -0.4 is 13.8 Å². The van der Waals surface area contributed by atoms with Crippen molar-refractivity contribution in [2.75, 3.05) is 24.7 Å². The predicted octanol–water partition coefficient (Wildman–Crippen LogP) is -0.703. The molecule has 0 saturated carbocycles. The molecule has 3 N–H and O–H groups in total. The molecule has 0 heterocycles. The summed E-state index contributed by atoms with van der Waals surface area (Å²) >= 11 is 0. The number of rotatable bonds is 9. The lowest BCUT2D eigenvalue weighted by molar-refractivity contribution is -0.145. The number of benzene rings is 1. The summed E-state index contributed by atoms with van der Waals surface area (Å²) in [5, 5.41) is 17.7. The molecule has 0 bridgehead atoms. The summed E-state index contributed by atoms with van der Waals surface area (Å²) in [4.78, 5) is 21.3. The van der Waals surface area contributed by atoms with Crippen LogP contribution in [0.2, 0.25) is 0 Å². The average Bonchev–Trinajstić information content (AvgIpc) is 2.51. The molecule has 1 aromatic carbocycles. The number of carboxylic acids is 2. The zero-order chi connectivity index (χ0) is 20.3. The van der Waals surface area contributed by atoms with E-state index in [4.69, 9.17) is 14.9 Å². The molecule has 13 heteroatoms. The smallest absolute Gasteiger partial charge is 0.322 e. The molecule has 1 rings (SSSR count). The van der Waals surface area contributed by atoms with Gasteiger partial charge in [-0.25, -0.2) is 16.8 Å². The highest BCUT2D eigenvalue weighted by Crippen LogP contribution is 2.31. The minimum absolute atomic E-state index is 0.0668. The van der Waals surface area contributed by atoms with Gasteiger partial charge < -0.3 is 14.9 Å². The van der Waals surface area contributed by atoms with Crippen molar-refractivity contribution in [1.82, 2.24) is 4.72 Å². The van der Waals surface area contributed by atoms with E-state index >= 15 is 0 Å². The maximum atomic E-state index is 12.4. The van der Waals surface area contributed by atoms with Crippen LogP contribution in [0.4, 0.5) is 5.69 Å². The first-order valence-electron chi connectivity index (χ1n) is 6.88. The summed E-state index contributed by atoms with van der Waals surface area (Å²) in [5.41, 5.74) is -0.0945. The number of ether oxygens (including phenoxy) is 1. The third-order valence-corrected chi connectivity index (χ3v) is 5.93. The molecular weight excluding hydrogens is 392 g/mol. The zero-order valence-corrected chi connectivity index (χ0v) is 15.7. The van der Waals surface area contributed by atoms with E-state index in [1.807, 2.05) is 0 Å². The minimum atomic E-state index is -4.45. The quantitative estimate of drug-likeness (QED) is 0.476. The molecule has 1 aromatic rings. The molecule has 0 radical (unpaired) electrons. The van der Waals surface area contributed by atoms with E-state index < -0.39 is 49.3 Å². The van der Waals surface area contributed by atoms with E-state index in [0.29, 0.717) is 0 Å². The number of carboxylic acid groups (broad SMARTS) is 2. The molecule has 0 aromatic heterocycles. The Kier molecular flexibility index (Phi) is 6.57. The minimum Gasteiger partial charge on any atom is -0.495 e. The van der Waals surface area contributed by atoms with Gasteiger partial charge in [-0.1, -0.05) is 0 Å². The van der Waals surface area contributed by atoms with Crippen molar-refractivity contribution < 1.29 is 41.4 Å². The summed E-state index contributed by atoms with van der Waals surface area (Å²) in [7, 11) is -5.74. The number of hydrogen-bond acceptors (Lipinski definition) is 7. The zero-order valence-electron chi connectivity index (χ0n) is 14.0. The van der Waals surface area contributed by atoms with Crippen LogP contribution in [0.5, 0.6) is 5.75 Å². The Morgan fingerprint density at radius 2 is 1.81 bits per heavy atom. The van der Waals surface area contributed by atoms with Gasteiger partial charge in [0.1, 0.15) is 11.8 Å². The molecule has 26 heavy (non-hydrogen) atoms. The largest absolute Gasteiger partial charge is 0.495 e. The van der Waals surface area contributed by atoms with Gasteiger partial charge in [0, 0.05) is 7.05 Å². The maximum Gasteiger partial charge on any atom is 0.322 e. The van der Waals surface area contributed by atoms with Gasteiger partial charge in [0.15, 0.2) is 0 Å². The van der Waals surface area contributed by atoms with E-state index in [1.54, 1.807) is 4.72 Å². The molecule has 0 aliphatic carbocycles. The fourth-order valence-corrected chi connectivity index (χ4v) is 3.58. The lowest BCUT2D eigenvalue weighted by Gasteiger charge is -2.21. The van der Waals surface area contributed by atoms with Crippen molar-refractivity contribution >= 4 is 37.7 Å². The van der Waals surface area contributed by atoms with Gasteiger partial charge in [0.05, 0.1) is 30.4 Å². The lowest BCUT2D eigenvalue weighted by Crippen LogP contribution is -2.42. The van der Waals surface area contributed by atoms with Crippen LogP contribution >= 0.6 is 0 Å². The number of aliphatic carboxylic acids is 2. The number of carbonyl (C=O) groups is 2. The third-order valence-electron chi connectivity index (χ3n) is 3.27. The highest BCUT2D eigenvalue weighted by atomic mass is 32.2. The van der Waals surface area contributed by atoms with E-state index in [2.05, 4.69) is 0 Å². The number of hydrogen-bond donors (Lipinski definition) is 3. The molecule has 146 valence electrons. The van der Waals surface area contributed by atoms with Crippen molar-refractivity contribution in [2.45, 2.75) is 17.4 Å². The fourth-order valence-electron chi connectivity index (χ4n) is 1.87. The first kappa shape index (κ1) is 21.7. The molecule has 1 unspecified atom stereocenters. The van der Waals surface area contributed by atoms with E-state index in [9.17, 15) is 26.4 Å². The van der Waals surface area contributed by atoms with Crippen LogP contribution in [-0.2, 0) is 29.6 Å².